The van der Waals surface area contributed by atoms with Gasteiger partial charge in [0.2, 0.25) is 0 Å². The van der Waals surface area contributed by atoms with E-state index in [-0.39, 0.29) is 5.56 Å². The number of ether oxygens (including phenoxy) is 1. The molecule has 0 radical (unpaired) electrons. The van der Waals surface area contributed by atoms with Crippen molar-refractivity contribution in [3.8, 4) is 11.5 Å². The lowest BCUT2D eigenvalue weighted by Gasteiger charge is -2.09. The predicted octanol–water partition coefficient (Wildman–Crippen LogP) is 4.33. The summed E-state index contributed by atoms with van der Waals surface area (Å²) >= 11 is 0. The van der Waals surface area contributed by atoms with Gasteiger partial charge in [0, 0.05) is 0 Å². The highest BCUT2D eigenvalue weighted by molar-refractivity contribution is 5.91. The molecule has 0 saturated carbocycles. The van der Waals surface area contributed by atoms with Gasteiger partial charge in [-0.15, -0.1) is 0 Å². The molecule has 0 heterocycles. The quantitative estimate of drug-likeness (QED) is 0.765. The van der Waals surface area contributed by atoms with Crippen LogP contribution in [0.2, 0.25) is 0 Å². The third-order valence-corrected chi connectivity index (χ3v) is 3.07. The first kappa shape index (κ1) is 12.2. The number of hydrogen-bond acceptors (Lipinski definition) is 2. The van der Waals surface area contributed by atoms with Gasteiger partial charge >= 0.3 is 5.97 Å². The molecule has 1 N–H and O–H groups in total. The molecule has 3 aromatic carbocycles. The third kappa shape index (κ3) is 2.34. The van der Waals surface area contributed by atoms with Crippen LogP contribution in [0, 0.1) is 0 Å². The van der Waals surface area contributed by atoms with E-state index in [1.54, 1.807) is 18.2 Å². The lowest BCUT2D eigenvalue weighted by Crippen LogP contribution is -1.99. The van der Waals surface area contributed by atoms with Crippen molar-refractivity contribution in [2.75, 3.05) is 0 Å². The van der Waals surface area contributed by atoms with E-state index in [1.807, 2.05) is 42.5 Å². The molecule has 0 aromatic heterocycles. The first-order valence-electron chi connectivity index (χ1n) is 6.23. The molecule has 0 aliphatic rings. The van der Waals surface area contributed by atoms with Crippen LogP contribution in [0.4, 0.5) is 0 Å². The monoisotopic (exact) mass is 264 g/mol. The molecule has 98 valence electrons. The van der Waals surface area contributed by atoms with E-state index in [4.69, 9.17) is 9.84 Å². The van der Waals surface area contributed by atoms with Crippen LogP contribution in [0.3, 0.4) is 0 Å². The lowest BCUT2D eigenvalue weighted by molar-refractivity contribution is 0.0694. The van der Waals surface area contributed by atoms with Gasteiger partial charge in [-0.25, -0.2) is 4.79 Å². The standard InChI is InChI=1S/C17H12O3/c18-17(19)15-7-3-4-8-16(15)20-14-10-9-12-5-1-2-6-13(12)11-14/h1-11H,(H,18,19). The number of carboxylic acid groups (broad SMARTS) is 1. The Kier molecular flexibility index (Phi) is 3.09. The molecule has 3 aromatic rings. The maximum absolute atomic E-state index is 11.1. The fourth-order valence-corrected chi connectivity index (χ4v) is 2.09. The Hall–Kier alpha value is -2.81. The zero-order valence-electron chi connectivity index (χ0n) is 10.6. The van der Waals surface area contributed by atoms with Gasteiger partial charge in [0.15, 0.2) is 0 Å². The molecule has 0 unspecified atom stereocenters. The van der Waals surface area contributed by atoms with Crippen molar-refractivity contribution in [2.24, 2.45) is 0 Å². The molecule has 0 amide bonds. The highest BCUT2D eigenvalue weighted by atomic mass is 16.5. The van der Waals surface area contributed by atoms with E-state index < -0.39 is 5.97 Å². The first-order valence-corrected chi connectivity index (χ1v) is 6.23. The summed E-state index contributed by atoms with van der Waals surface area (Å²) in [6.07, 6.45) is 0. The van der Waals surface area contributed by atoms with Crippen LogP contribution in [-0.2, 0) is 0 Å². The summed E-state index contributed by atoms with van der Waals surface area (Å²) in [5.74, 6) is -0.0333. The Balaban J connectivity index is 1.99. The molecule has 3 rings (SSSR count). The van der Waals surface area contributed by atoms with Crippen LogP contribution in [0.5, 0.6) is 11.5 Å². The predicted molar refractivity (Wildman–Crippen MR) is 77.4 cm³/mol. The Morgan fingerprint density at radius 3 is 2.35 bits per heavy atom. The van der Waals surface area contributed by atoms with Crippen LogP contribution in [0.25, 0.3) is 10.8 Å². The highest BCUT2D eigenvalue weighted by Gasteiger charge is 2.10. The van der Waals surface area contributed by atoms with Gasteiger partial charge < -0.3 is 9.84 Å². The first-order chi connectivity index (χ1) is 9.74. The second-order valence-electron chi connectivity index (χ2n) is 4.41. The zero-order valence-corrected chi connectivity index (χ0v) is 10.6. The fraction of sp³-hybridized carbons (Fsp3) is 0. The second kappa shape index (κ2) is 5.05. The largest absolute Gasteiger partial charge is 0.478 e. The molecular formula is C17H12O3. The fourth-order valence-electron chi connectivity index (χ4n) is 2.09. The van der Waals surface area contributed by atoms with E-state index >= 15 is 0 Å². The zero-order chi connectivity index (χ0) is 13.9. The smallest absolute Gasteiger partial charge is 0.339 e. The van der Waals surface area contributed by atoms with Gasteiger partial charge in [-0.1, -0.05) is 42.5 Å². The van der Waals surface area contributed by atoms with Gasteiger partial charge in [0.05, 0.1) is 0 Å². The third-order valence-electron chi connectivity index (χ3n) is 3.07. The van der Waals surface area contributed by atoms with Crippen LogP contribution < -0.4 is 4.74 Å². The number of hydrogen-bond donors (Lipinski definition) is 1. The molecule has 20 heavy (non-hydrogen) atoms. The number of benzene rings is 3. The molecule has 0 aliphatic carbocycles. The minimum Gasteiger partial charge on any atom is -0.478 e. The van der Waals surface area contributed by atoms with Gasteiger partial charge in [0.1, 0.15) is 17.1 Å². The average molecular weight is 264 g/mol. The Labute approximate surface area is 116 Å². The van der Waals surface area contributed by atoms with Crippen LogP contribution >= 0.6 is 0 Å². The Morgan fingerprint density at radius 2 is 1.55 bits per heavy atom. The summed E-state index contributed by atoms with van der Waals surface area (Å²) in [5.41, 5.74) is 0.153. The van der Waals surface area contributed by atoms with Crippen molar-refractivity contribution >= 4 is 16.7 Å². The van der Waals surface area contributed by atoms with E-state index in [9.17, 15) is 4.79 Å². The van der Waals surface area contributed by atoms with Gasteiger partial charge in [-0.05, 0) is 35.0 Å². The number of carboxylic acids is 1. The van der Waals surface area contributed by atoms with E-state index in [0.29, 0.717) is 11.5 Å². The summed E-state index contributed by atoms with van der Waals surface area (Å²) < 4.78 is 5.70. The van der Waals surface area contributed by atoms with Crippen molar-refractivity contribution in [2.45, 2.75) is 0 Å². The van der Waals surface area contributed by atoms with Crippen molar-refractivity contribution < 1.29 is 14.6 Å². The Bertz CT molecular complexity index is 778. The summed E-state index contributed by atoms with van der Waals surface area (Å²) in [6.45, 7) is 0. The molecule has 0 aliphatic heterocycles. The molecule has 0 fully saturated rings. The molecule has 0 bridgehead atoms. The van der Waals surface area contributed by atoms with Crippen molar-refractivity contribution in [1.82, 2.24) is 0 Å². The van der Waals surface area contributed by atoms with Gasteiger partial charge in [-0.3, -0.25) is 0 Å². The topological polar surface area (TPSA) is 46.5 Å². The number of rotatable bonds is 3. The van der Waals surface area contributed by atoms with Crippen LogP contribution in [-0.4, -0.2) is 11.1 Å². The Morgan fingerprint density at radius 1 is 0.850 bits per heavy atom. The van der Waals surface area contributed by atoms with Gasteiger partial charge in [-0.2, -0.15) is 0 Å². The molecule has 0 spiro atoms. The van der Waals surface area contributed by atoms with E-state index in [0.717, 1.165) is 10.8 Å². The highest BCUT2D eigenvalue weighted by Crippen LogP contribution is 2.28. The SMILES string of the molecule is O=C(O)c1ccccc1Oc1ccc2ccccc2c1. The molecule has 3 heteroatoms. The number of fused-ring (bicyclic) bond motifs is 1. The van der Waals surface area contributed by atoms with Crippen molar-refractivity contribution in [3.63, 3.8) is 0 Å². The average Bonchev–Trinajstić information content (AvgIpc) is 2.47. The maximum atomic E-state index is 11.1. The lowest BCUT2D eigenvalue weighted by atomic mass is 10.1. The molecular weight excluding hydrogens is 252 g/mol. The second-order valence-corrected chi connectivity index (χ2v) is 4.41. The number of carbonyl (C=O) groups is 1. The summed E-state index contributed by atoms with van der Waals surface area (Å²) in [4.78, 5) is 11.1. The van der Waals surface area contributed by atoms with Crippen LogP contribution in [0.15, 0.2) is 66.7 Å². The molecule has 3 nitrogen and oxygen atoms in total. The number of para-hydroxylation sites is 1. The van der Waals surface area contributed by atoms with E-state index in [2.05, 4.69) is 0 Å². The summed E-state index contributed by atoms with van der Waals surface area (Å²) in [5, 5.41) is 11.3. The molecule has 0 saturated heterocycles. The minimum atomic E-state index is -0.999. The van der Waals surface area contributed by atoms with Crippen molar-refractivity contribution in [3.05, 3.63) is 72.3 Å². The van der Waals surface area contributed by atoms with Crippen molar-refractivity contribution in [1.29, 1.82) is 0 Å². The molecule has 0 atom stereocenters. The van der Waals surface area contributed by atoms with E-state index in [1.165, 1.54) is 6.07 Å². The summed E-state index contributed by atoms with van der Waals surface area (Å²) in [6, 6.07) is 20.2. The number of aromatic carboxylic acids is 1. The van der Waals surface area contributed by atoms with Crippen LogP contribution in [0.1, 0.15) is 10.4 Å². The normalized spacial score (nSPS) is 10.4. The maximum Gasteiger partial charge on any atom is 0.339 e. The minimum absolute atomic E-state index is 0.153. The van der Waals surface area contributed by atoms with Gasteiger partial charge in [0.25, 0.3) is 0 Å². The summed E-state index contributed by atoms with van der Waals surface area (Å²) in [7, 11) is 0.